The number of nitrogens with one attached hydrogen (secondary N) is 2. The van der Waals surface area contributed by atoms with E-state index >= 15 is 0 Å². The third-order valence-corrected chi connectivity index (χ3v) is 4.16. The number of rotatable bonds is 8. The summed E-state index contributed by atoms with van der Waals surface area (Å²) in [4.78, 5) is 9.37. The highest BCUT2D eigenvalue weighted by atomic mass is 15.1. The van der Waals surface area contributed by atoms with Gasteiger partial charge in [-0.3, -0.25) is 0 Å². The summed E-state index contributed by atoms with van der Waals surface area (Å²) in [6.07, 6.45) is 7.53. The van der Waals surface area contributed by atoms with Gasteiger partial charge < -0.3 is 10.6 Å². The van der Waals surface area contributed by atoms with Crippen LogP contribution in [-0.2, 0) is 0 Å². The normalized spacial score (nSPS) is 24.5. The number of hydrogen-bond acceptors (Lipinski definition) is 4. The quantitative estimate of drug-likeness (QED) is 0.757. The van der Waals surface area contributed by atoms with Gasteiger partial charge in [0.05, 0.1) is 0 Å². The summed E-state index contributed by atoms with van der Waals surface area (Å²) in [6.45, 7) is 5.41. The van der Waals surface area contributed by atoms with Crippen LogP contribution in [0, 0.1) is 5.92 Å². The molecule has 110 valence electrons. The fourth-order valence-corrected chi connectivity index (χ4v) is 2.71. The Morgan fingerprint density at radius 3 is 2.65 bits per heavy atom. The molecule has 0 spiro atoms. The number of hydrogen-bond donors (Lipinski definition) is 2. The van der Waals surface area contributed by atoms with Crippen molar-refractivity contribution in [3.8, 4) is 0 Å². The first-order chi connectivity index (χ1) is 9.80. The molecular weight excluding hydrogens is 248 g/mol. The van der Waals surface area contributed by atoms with Crippen molar-refractivity contribution in [2.24, 2.45) is 5.92 Å². The molecule has 4 heteroatoms. The van der Waals surface area contributed by atoms with Crippen LogP contribution in [0.1, 0.15) is 64.1 Å². The SMILES string of the molecule is CCCNc1cc(NC2CC2CCC)nc(C2CC2)n1. The molecule has 0 amide bonds. The van der Waals surface area contributed by atoms with E-state index in [1.165, 1.54) is 32.1 Å². The highest BCUT2D eigenvalue weighted by Crippen LogP contribution is 2.40. The van der Waals surface area contributed by atoms with E-state index in [-0.39, 0.29) is 0 Å². The molecule has 3 rings (SSSR count). The Labute approximate surface area is 121 Å². The fourth-order valence-electron chi connectivity index (χ4n) is 2.71. The minimum atomic E-state index is 0.601. The van der Waals surface area contributed by atoms with Crippen LogP contribution in [0.4, 0.5) is 11.6 Å². The average molecular weight is 274 g/mol. The summed E-state index contributed by atoms with van der Waals surface area (Å²) in [5, 5.41) is 7.00. The Bertz CT molecular complexity index is 456. The van der Waals surface area contributed by atoms with E-state index in [9.17, 15) is 0 Å². The maximum atomic E-state index is 4.72. The monoisotopic (exact) mass is 274 g/mol. The molecule has 20 heavy (non-hydrogen) atoms. The summed E-state index contributed by atoms with van der Waals surface area (Å²) in [5.74, 6) is 4.49. The van der Waals surface area contributed by atoms with Gasteiger partial charge in [0.25, 0.3) is 0 Å². The molecule has 0 saturated heterocycles. The smallest absolute Gasteiger partial charge is 0.136 e. The zero-order valence-electron chi connectivity index (χ0n) is 12.7. The van der Waals surface area contributed by atoms with Crippen LogP contribution >= 0.6 is 0 Å². The Morgan fingerprint density at radius 1 is 1.15 bits per heavy atom. The lowest BCUT2D eigenvalue weighted by Crippen LogP contribution is -2.10. The molecular formula is C16H26N4. The lowest BCUT2D eigenvalue weighted by Gasteiger charge is -2.11. The van der Waals surface area contributed by atoms with Gasteiger partial charge in [-0.1, -0.05) is 20.3 Å². The molecule has 4 nitrogen and oxygen atoms in total. The van der Waals surface area contributed by atoms with Crippen molar-refractivity contribution in [2.45, 2.75) is 64.3 Å². The van der Waals surface area contributed by atoms with Gasteiger partial charge >= 0.3 is 0 Å². The van der Waals surface area contributed by atoms with Gasteiger partial charge in [-0.15, -0.1) is 0 Å². The maximum absolute atomic E-state index is 4.72. The number of anilines is 2. The van der Waals surface area contributed by atoms with Gasteiger partial charge in [-0.2, -0.15) is 0 Å². The van der Waals surface area contributed by atoms with Gasteiger partial charge in [0.1, 0.15) is 17.5 Å². The molecule has 0 aliphatic heterocycles. The van der Waals surface area contributed by atoms with E-state index in [2.05, 4.69) is 35.5 Å². The van der Waals surface area contributed by atoms with Crippen LogP contribution in [0.3, 0.4) is 0 Å². The lowest BCUT2D eigenvalue weighted by molar-refractivity contribution is 0.692. The van der Waals surface area contributed by atoms with Crippen molar-refractivity contribution in [1.82, 2.24) is 9.97 Å². The van der Waals surface area contributed by atoms with Crippen molar-refractivity contribution in [3.63, 3.8) is 0 Å². The lowest BCUT2D eigenvalue weighted by atomic mass is 10.2. The van der Waals surface area contributed by atoms with Gasteiger partial charge in [0.2, 0.25) is 0 Å². The molecule has 1 aromatic rings. The predicted molar refractivity (Wildman–Crippen MR) is 83.2 cm³/mol. The Balaban J connectivity index is 1.67. The standard InChI is InChI=1S/C16H26N4/c1-3-5-12-9-13(12)18-15-10-14(17-8-4-2)19-16(20-15)11-6-7-11/h10-13H,3-9H2,1-2H3,(H2,17,18,19,20). The van der Waals surface area contributed by atoms with E-state index in [1.54, 1.807) is 0 Å². The van der Waals surface area contributed by atoms with Crippen molar-refractivity contribution in [3.05, 3.63) is 11.9 Å². The summed E-state index contributed by atoms with van der Waals surface area (Å²) in [5.41, 5.74) is 0. The summed E-state index contributed by atoms with van der Waals surface area (Å²) < 4.78 is 0. The molecule has 0 bridgehead atoms. The Kier molecular flexibility index (Phi) is 4.08. The summed E-state index contributed by atoms with van der Waals surface area (Å²) in [6, 6.07) is 2.71. The van der Waals surface area contributed by atoms with Crippen molar-refractivity contribution in [2.75, 3.05) is 17.2 Å². The fraction of sp³-hybridized carbons (Fsp3) is 0.750. The van der Waals surface area contributed by atoms with Crippen LogP contribution in [0.25, 0.3) is 0 Å². The van der Waals surface area contributed by atoms with Crippen LogP contribution in [0.2, 0.25) is 0 Å². The minimum Gasteiger partial charge on any atom is -0.370 e. The second kappa shape index (κ2) is 5.98. The van der Waals surface area contributed by atoms with E-state index in [0.717, 1.165) is 36.3 Å². The predicted octanol–water partition coefficient (Wildman–Crippen LogP) is 3.78. The van der Waals surface area contributed by atoms with E-state index in [4.69, 9.17) is 4.98 Å². The molecule has 2 unspecified atom stereocenters. The van der Waals surface area contributed by atoms with Crippen LogP contribution in [0.15, 0.2) is 6.07 Å². The number of nitrogens with zero attached hydrogens (tertiary/aromatic N) is 2. The molecule has 2 aliphatic rings. The van der Waals surface area contributed by atoms with Crippen molar-refractivity contribution >= 4 is 11.6 Å². The Morgan fingerprint density at radius 2 is 1.95 bits per heavy atom. The van der Waals surface area contributed by atoms with Crippen LogP contribution < -0.4 is 10.6 Å². The molecule has 2 aliphatic carbocycles. The first-order valence-electron chi connectivity index (χ1n) is 8.19. The van der Waals surface area contributed by atoms with Gasteiger partial charge in [0, 0.05) is 24.6 Å². The molecule has 1 aromatic heterocycles. The Hall–Kier alpha value is -1.32. The molecule has 2 saturated carbocycles. The molecule has 1 heterocycles. The third-order valence-electron chi connectivity index (χ3n) is 4.16. The molecule has 2 atom stereocenters. The van der Waals surface area contributed by atoms with E-state index in [1.807, 2.05) is 0 Å². The molecule has 2 fully saturated rings. The second-order valence-corrected chi connectivity index (χ2v) is 6.23. The van der Waals surface area contributed by atoms with Gasteiger partial charge in [0.15, 0.2) is 0 Å². The van der Waals surface area contributed by atoms with Gasteiger partial charge in [-0.25, -0.2) is 9.97 Å². The summed E-state index contributed by atoms with van der Waals surface area (Å²) >= 11 is 0. The first kappa shape index (κ1) is 13.7. The highest BCUT2D eigenvalue weighted by Gasteiger charge is 2.36. The molecule has 0 radical (unpaired) electrons. The average Bonchev–Trinajstić information content (AvgIpc) is 3.33. The van der Waals surface area contributed by atoms with Crippen LogP contribution in [0.5, 0.6) is 0 Å². The zero-order chi connectivity index (χ0) is 13.9. The minimum absolute atomic E-state index is 0.601. The van der Waals surface area contributed by atoms with Crippen molar-refractivity contribution < 1.29 is 0 Å². The highest BCUT2D eigenvalue weighted by molar-refractivity contribution is 5.49. The third kappa shape index (κ3) is 3.41. The van der Waals surface area contributed by atoms with Gasteiger partial charge in [-0.05, 0) is 38.0 Å². The van der Waals surface area contributed by atoms with E-state index in [0.29, 0.717) is 12.0 Å². The van der Waals surface area contributed by atoms with Crippen molar-refractivity contribution in [1.29, 1.82) is 0 Å². The van der Waals surface area contributed by atoms with E-state index < -0.39 is 0 Å². The largest absolute Gasteiger partial charge is 0.370 e. The zero-order valence-corrected chi connectivity index (χ0v) is 12.7. The molecule has 0 aromatic carbocycles. The number of aromatic nitrogens is 2. The van der Waals surface area contributed by atoms with Crippen LogP contribution in [-0.4, -0.2) is 22.6 Å². The second-order valence-electron chi connectivity index (χ2n) is 6.23. The topological polar surface area (TPSA) is 49.8 Å². The molecule has 2 N–H and O–H groups in total. The first-order valence-corrected chi connectivity index (χ1v) is 8.19. The maximum Gasteiger partial charge on any atom is 0.136 e. The summed E-state index contributed by atoms with van der Waals surface area (Å²) in [7, 11) is 0.